The molecule has 1 unspecified atom stereocenters. The second-order valence-electron chi connectivity index (χ2n) is 3.25. The summed E-state index contributed by atoms with van der Waals surface area (Å²) in [5, 5.41) is 3.29. The third kappa shape index (κ3) is 4.08. The van der Waals surface area contributed by atoms with Crippen LogP contribution >= 0.6 is 0 Å². The molecule has 0 radical (unpaired) electrons. The highest BCUT2D eigenvalue weighted by molar-refractivity contribution is 5.81. The van der Waals surface area contributed by atoms with Crippen molar-refractivity contribution in [1.29, 1.82) is 0 Å². The van der Waals surface area contributed by atoms with E-state index in [4.69, 9.17) is 4.74 Å². The van der Waals surface area contributed by atoms with Gasteiger partial charge in [0, 0.05) is 6.08 Å². The maximum absolute atomic E-state index is 10.9. The lowest BCUT2D eigenvalue weighted by Crippen LogP contribution is -2.08. The molecule has 13 heavy (non-hydrogen) atoms. The normalized spacial score (nSPS) is 22.4. The molecule has 1 N–H and O–H groups in total. The molecule has 0 amide bonds. The third-order valence-corrected chi connectivity index (χ3v) is 2.17. The van der Waals surface area contributed by atoms with Crippen LogP contribution in [-0.4, -0.2) is 25.7 Å². The van der Waals surface area contributed by atoms with E-state index in [1.54, 1.807) is 0 Å². The summed E-state index contributed by atoms with van der Waals surface area (Å²) in [4.78, 5) is 10.9. The third-order valence-electron chi connectivity index (χ3n) is 2.17. The molecule has 1 atom stereocenters. The molecule has 1 heterocycles. The summed E-state index contributed by atoms with van der Waals surface area (Å²) in [6.45, 7) is 4.45. The molecule has 1 fully saturated rings. The molecule has 1 rings (SSSR count). The zero-order chi connectivity index (χ0) is 9.52. The van der Waals surface area contributed by atoms with Crippen LogP contribution in [0.4, 0.5) is 0 Å². The van der Waals surface area contributed by atoms with Crippen LogP contribution in [0.1, 0.15) is 19.8 Å². The molecular formula is C10H17NO2. The molecule has 0 bridgehead atoms. The van der Waals surface area contributed by atoms with Crippen LogP contribution in [0.15, 0.2) is 12.2 Å². The van der Waals surface area contributed by atoms with Gasteiger partial charge >= 0.3 is 5.97 Å². The summed E-state index contributed by atoms with van der Waals surface area (Å²) in [6.07, 6.45) is 5.64. The van der Waals surface area contributed by atoms with Crippen molar-refractivity contribution in [2.75, 3.05) is 19.7 Å². The van der Waals surface area contributed by atoms with E-state index in [1.165, 1.54) is 12.5 Å². The number of nitrogens with one attached hydrogen (secondary N) is 1. The molecule has 0 aromatic carbocycles. The first-order valence-electron chi connectivity index (χ1n) is 4.87. The Bertz CT molecular complexity index is 183. The van der Waals surface area contributed by atoms with Gasteiger partial charge in [-0.15, -0.1) is 0 Å². The van der Waals surface area contributed by atoms with E-state index in [0.29, 0.717) is 12.5 Å². The molecule has 74 valence electrons. The molecule has 1 saturated heterocycles. The van der Waals surface area contributed by atoms with Crippen LogP contribution in [0.2, 0.25) is 0 Å². The van der Waals surface area contributed by atoms with Crippen molar-refractivity contribution in [1.82, 2.24) is 5.32 Å². The van der Waals surface area contributed by atoms with Crippen molar-refractivity contribution in [3.8, 4) is 0 Å². The quantitative estimate of drug-likeness (QED) is 0.524. The Labute approximate surface area is 79.2 Å². The van der Waals surface area contributed by atoms with E-state index in [0.717, 1.165) is 19.5 Å². The van der Waals surface area contributed by atoms with Crippen LogP contribution in [0.3, 0.4) is 0 Å². The summed E-state index contributed by atoms with van der Waals surface area (Å²) in [7, 11) is 0. The van der Waals surface area contributed by atoms with Gasteiger partial charge in [0.2, 0.25) is 0 Å². The molecule has 1 aliphatic heterocycles. The molecular weight excluding hydrogens is 166 g/mol. The molecule has 1 aliphatic rings. The lowest BCUT2D eigenvalue weighted by molar-refractivity contribution is -0.137. The van der Waals surface area contributed by atoms with Gasteiger partial charge in [-0.1, -0.05) is 6.08 Å². The van der Waals surface area contributed by atoms with Crippen LogP contribution in [-0.2, 0) is 9.53 Å². The molecule has 0 aromatic heterocycles. The number of carbonyl (C=O) groups excluding carboxylic acids is 1. The van der Waals surface area contributed by atoms with Gasteiger partial charge in [-0.2, -0.15) is 0 Å². The molecule has 0 spiro atoms. The van der Waals surface area contributed by atoms with E-state index >= 15 is 0 Å². The highest BCUT2D eigenvalue weighted by atomic mass is 16.5. The van der Waals surface area contributed by atoms with E-state index in [9.17, 15) is 4.79 Å². The largest absolute Gasteiger partial charge is 0.463 e. The van der Waals surface area contributed by atoms with Gasteiger partial charge in [-0.25, -0.2) is 4.79 Å². The maximum atomic E-state index is 10.9. The van der Waals surface area contributed by atoms with Crippen LogP contribution in [0, 0.1) is 5.92 Å². The highest BCUT2D eigenvalue weighted by Gasteiger charge is 2.12. The molecule has 3 nitrogen and oxygen atoms in total. The number of ether oxygens (including phenoxy) is 1. The number of esters is 1. The Morgan fingerprint density at radius 3 is 3.15 bits per heavy atom. The minimum absolute atomic E-state index is 0.228. The van der Waals surface area contributed by atoms with Gasteiger partial charge in [0.15, 0.2) is 0 Å². The monoisotopic (exact) mass is 183 g/mol. The van der Waals surface area contributed by atoms with E-state index < -0.39 is 0 Å². The lowest BCUT2D eigenvalue weighted by atomic mass is 10.1. The Hall–Kier alpha value is -0.830. The number of hydrogen-bond acceptors (Lipinski definition) is 3. The predicted molar refractivity (Wildman–Crippen MR) is 51.4 cm³/mol. The first-order chi connectivity index (χ1) is 6.33. The number of hydrogen-bond donors (Lipinski definition) is 1. The fraction of sp³-hybridized carbons (Fsp3) is 0.700. The second-order valence-corrected chi connectivity index (χ2v) is 3.25. The van der Waals surface area contributed by atoms with Crippen molar-refractivity contribution in [3.05, 3.63) is 12.2 Å². The summed E-state index contributed by atoms with van der Waals surface area (Å²) in [5.74, 6) is 0.471. The standard InChI is InChI=1S/C10H17NO2/c1-2-13-10(12)5-3-4-9-6-7-11-8-9/h3,5,9,11H,2,4,6-8H2,1H3. The Morgan fingerprint density at radius 2 is 2.54 bits per heavy atom. The molecule has 0 aliphatic carbocycles. The van der Waals surface area contributed by atoms with E-state index in [-0.39, 0.29) is 5.97 Å². The minimum atomic E-state index is -0.228. The summed E-state index contributed by atoms with van der Waals surface area (Å²) in [5.41, 5.74) is 0. The Balaban J connectivity index is 2.12. The molecule has 0 aromatic rings. The van der Waals surface area contributed by atoms with E-state index in [1.807, 2.05) is 13.0 Å². The smallest absolute Gasteiger partial charge is 0.330 e. The lowest BCUT2D eigenvalue weighted by Gasteiger charge is -2.01. The van der Waals surface area contributed by atoms with Crippen molar-refractivity contribution in [2.24, 2.45) is 5.92 Å². The summed E-state index contributed by atoms with van der Waals surface area (Å²) >= 11 is 0. The summed E-state index contributed by atoms with van der Waals surface area (Å²) in [6, 6.07) is 0. The first kappa shape index (κ1) is 10.3. The van der Waals surface area contributed by atoms with Gasteiger partial charge in [0.25, 0.3) is 0 Å². The highest BCUT2D eigenvalue weighted by Crippen LogP contribution is 2.12. The van der Waals surface area contributed by atoms with Gasteiger partial charge in [0.05, 0.1) is 6.61 Å². The van der Waals surface area contributed by atoms with E-state index in [2.05, 4.69) is 5.32 Å². The molecule has 3 heteroatoms. The summed E-state index contributed by atoms with van der Waals surface area (Å²) < 4.78 is 4.77. The Kier molecular flexibility index (Phi) is 4.54. The SMILES string of the molecule is CCOC(=O)C=CCC1CCNC1. The van der Waals surface area contributed by atoms with Crippen molar-refractivity contribution < 1.29 is 9.53 Å². The molecule has 0 saturated carbocycles. The average Bonchev–Trinajstić information content (AvgIpc) is 2.57. The van der Waals surface area contributed by atoms with Gasteiger partial charge in [-0.3, -0.25) is 0 Å². The van der Waals surface area contributed by atoms with Gasteiger partial charge in [-0.05, 0) is 38.8 Å². The number of rotatable bonds is 4. The number of carbonyl (C=O) groups is 1. The van der Waals surface area contributed by atoms with Crippen molar-refractivity contribution in [2.45, 2.75) is 19.8 Å². The van der Waals surface area contributed by atoms with Crippen LogP contribution < -0.4 is 5.32 Å². The number of allylic oxidation sites excluding steroid dienone is 1. The second kappa shape index (κ2) is 5.75. The van der Waals surface area contributed by atoms with Crippen molar-refractivity contribution in [3.63, 3.8) is 0 Å². The maximum Gasteiger partial charge on any atom is 0.330 e. The first-order valence-corrected chi connectivity index (χ1v) is 4.87. The van der Waals surface area contributed by atoms with Gasteiger partial charge in [0.1, 0.15) is 0 Å². The fourth-order valence-electron chi connectivity index (χ4n) is 1.46. The van der Waals surface area contributed by atoms with Crippen LogP contribution in [0.25, 0.3) is 0 Å². The van der Waals surface area contributed by atoms with Crippen molar-refractivity contribution >= 4 is 5.97 Å². The minimum Gasteiger partial charge on any atom is -0.463 e. The van der Waals surface area contributed by atoms with Crippen LogP contribution in [0.5, 0.6) is 0 Å². The zero-order valence-electron chi connectivity index (χ0n) is 8.08. The fourth-order valence-corrected chi connectivity index (χ4v) is 1.46. The predicted octanol–water partition coefficient (Wildman–Crippen LogP) is 1.11. The average molecular weight is 183 g/mol. The Morgan fingerprint density at radius 1 is 1.69 bits per heavy atom. The zero-order valence-corrected chi connectivity index (χ0v) is 8.08. The van der Waals surface area contributed by atoms with Gasteiger partial charge < -0.3 is 10.1 Å². The topological polar surface area (TPSA) is 38.3 Å².